The zero-order chi connectivity index (χ0) is 19.2. The molecule has 0 bridgehead atoms. The zero-order valence-corrected chi connectivity index (χ0v) is 16.7. The van der Waals surface area contributed by atoms with E-state index in [1.807, 2.05) is 18.2 Å². The van der Waals surface area contributed by atoms with Gasteiger partial charge in [0.05, 0.1) is 12.5 Å². The van der Waals surface area contributed by atoms with Crippen molar-refractivity contribution in [2.45, 2.75) is 58.4 Å². The number of carbonyl (C=O) groups is 2. The van der Waals surface area contributed by atoms with Crippen molar-refractivity contribution in [3.63, 3.8) is 0 Å². The number of unbranched alkanes of at least 4 members (excludes halogenated alkanes) is 2. The number of carbonyl (C=O) groups excluding carboxylic acids is 2. The predicted molar refractivity (Wildman–Crippen MR) is 107 cm³/mol. The van der Waals surface area contributed by atoms with Gasteiger partial charge in [0.25, 0.3) is 0 Å². The molecule has 144 valence electrons. The first kappa shape index (κ1) is 19.5. The van der Waals surface area contributed by atoms with E-state index in [9.17, 15) is 9.59 Å². The van der Waals surface area contributed by atoms with Gasteiger partial charge >= 0.3 is 0 Å². The number of anilines is 1. The van der Waals surface area contributed by atoms with E-state index in [0.29, 0.717) is 11.7 Å². The molecule has 0 aliphatic carbocycles. The Morgan fingerprint density at radius 1 is 1.26 bits per heavy atom. The summed E-state index contributed by atoms with van der Waals surface area (Å²) >= 11 is 1.43. The number of hydrogen-bond acceptors (Lipinski definition) is 5. The maximum Gasteiger partial charge on any atom is 0.228 e. The number of amides is 2. The second kappa shape index (κ2) is 9.08. The standard InChI is InChI=1S/C20H26N4O2S/c1-3-4-5-10-19-22-23-20(27-19)21-18(26)13-17-16-9-7-6-8-15(16)11-12-24(17)14(2)25/h6-9,17H,3-5,10-13H2,1-2H3,(H,21,23,26). The maximum atomic E-state index is 12.6. The summed E-state index contributed by atoms with van der Waals surface area (Å²) in [5.41, 5.74) is 2.27. The molecule has 6 nitrogen and oxygen atoms in total. The number of aromatic nitrogens is 2. The molecule has 1 unspecified atom stereocenters. The van der Waals surface area contributed by atoms with Crippen LogP contribution in [0.25, 0.3) is 0 Å². The van der Waals surface area contributed by atoms with Gasteiger partial charge in [-0.15, -0.1) is 10.2 Å². The largest absolute Gasteiger partial charge is 0.335 e. The monoisotopic (exact) mass is 386 g/mol. The number of fused-ring (bicyclic) bond motifs is 1. The summed E-state index contributed by atoms with van der Waals surface area (Å²) in [5, 5.41) is 12.6. The van der Waals surface area contributed by atoms with Crippen molar-refractivity contribution >= 4 is 28.3 Å². The Kier molecular flexibility index (Phi) is 6.55. The molecule has 3 rings (SSSR count). The summed E-state index contributed by atoms with van der Waals surface area (Å²) in [4.78, 5) is 26.5. The van der Waals surface area contributed by atoms with Crippen LogP contribution in [0.15, 0.2) is 24.3 Å². The minimum atomic E-state index is -0.232. The van der Waals surface area contributed by atoms with Crippen LogP contribution in [0, 0.1) is 0 Å². The highest BCUT2D eigenvalue weighted by atomic mass is 32.1. The number of hydrogen-bond donors (Lipinski definition) is 1. The van der Waals surface area contributed by atoms with Crippen LogP contribution in [0.4, 0.5) is 5.13 Å². The van der Waals surface area contributed by atoms with Gasteiger partial charge in [0.1, 0.15) is 5.01 Å². The van der Waals surface area contributed by atoms with Gasteiger partial charge in [0, 0.05) is 19.9 Å². The van der Waals surface area contributed by atoms with Crippen LogP contribution in [0.5, 0.6) is 0 Å². The average Bonchev–Trinajstić information content (AvgIpc) is 3.09. The molecule has 0 saturated carbocycles. The molecule has 2 aromatic rings. The SMILES string of the molecule is CCCCCc1nnc(NC(=O)CC2c3ccccc3CCN2C(C)=O)s1. The van der Waals surface area contributed by atoms with Crippen molar-refractivity contribution in [3.05, 3.63) is 40.4 Å². The van der Waals surface area contributed by atoms with Gasteiger partial charge in [0.15, 0.2) is 0 Å². The minimum Gasteiger partial charge on any atom is -0.335 e. The summed E-state index contributed by atoms with van der Waals surface area (Å²) in [6.07, 6.45) is 5.37. The number of rotatable bonds is 7. The van der Waals surface area contributed by atoms with Crippen LogP contribution in [-0.4, -0.2) is 33.5 Å². The summed E-state index contributed by atoms with van der Waals surface area (Å²) < 4.78 is 0. The molecule has 2 heterocycles. The highest BCUT2D eigenvalue weighted by Crippen LogP contribution is 2.32. The summed E-state index contributed by atoms with van der Waals surface area (Å²) in [6.45, 7) is 4.37. The molecule has 1 aliphatic heterocycles. The van der Waals surface area contributed by atoms with E-state index in [1.165, 1.54) is 23.3 Å². The third kappa shape index (κ3) is 4.91. The van der Waals surface area contributed by atoms with E-state index in [4.69, 9.17) is 0 Å². The first-order chi connectivity index (χ1) is 13.1. The van der Waals surface area contributed by atoms with Crippen LogP contribution in [0.2, 0.25) is 0 Å². The number of nitrogens with one attached hydrogen (secondary N) is 1. The Morgan fingerprint density at radius 2 is 2.07 bits per heavy atom. The maximum absolute atomic E-state index is 12.6. The minimum absolute atomic E-state index is 0.00331. The molecule has 1 aromatic heterocycles. The van der Waals surface area contributed by atoms with Crippen LogP contribution in [-0.2, 0) is 22.4 Å². The Hall–Kier alpha value is -2.28. The lowest BCUT2D eigenvalue weighted by molar-refractivity contribution is -0.132. The van der Waals surface area contributed by atoms with E-state index in [0.717, 1.165) is 36.3 Å². The van der Waals surface area contributed by atoms with E-state index >= 15 is 0 Å². The molecular weight excluding hydrogens is 360 g/mol. The fourth-order valence-electron chi connectivity index (χ4n) is 3.53. The summed E-state index contributed by atoms with van der Waals surface area (Å²) in [5.74, 6) is -0.143. The van der Waals surface area contributed by atoms with Gasteiger partial charge < -0.3 is 10.2 Å². The van der Waals surface area contributed by atoms with E-state index < -0.39 is 0 Å². The first-order valence-electron chi connectivity index (χ1n) is 9.55. The molecule has 0 saturated heterocycles. The lowest BCUT2D eigenvalue weighted by Gasteiger charge is -2.36. The summed E-state index contributed by atoms with van der Waals surface area (Å²) in [6, 6.07) is 7.82. The molecule has 0 fully saturated rings. The van der Waals surface area contributed by atoms with Crippen molar-refractivity contribution in [1.82, 2.24) is 15.1 Å². The molecule has 0 radical (unpaired) electrons. The third-order valence-corrected chi connectivity index (χ3v) is 5.80. The van der Waals surface area contributed by atoms with Crippen LogP contribution < -0.4 is 5.32 Å². The van der Waals surface area contributed by atoms with Crippen molar-refractivity contribution in [2.75, 3.05) is 11.9 Å². The number of nitrogens with zero attached hydrogens (tertiary/aromatic N) is 3. The fraction of sp³-hybridized carbons (Fsp3) is 0.500. The molecule has 0 spiro atoms. The molecular formula is C20H26N4O2S. The van der Waals surface area contributed by atoms with Gasteiger partial charge in [-0.05, 0) is 24.0 Å². The molecule has 7 heteroatoms. The van der Waals surface area contributed by atoms with Crippen molar-refractivity contribution in [1.29, 1.82) is 0 Å². The molecule has 1 atom stereocenters. The Balaban J connectivity index is 1.66. The van der Waals surface area contributed by atoms with Crippen LogP contribution in [0.1, 0.15) is 61.7 Å². The highest BCUT2D eigenvalue weighted by Gasteiger charge is 2.30. The topological polar surface area (TPSA) is 75.2 Å². The number of benzene rings is 1. The first-order valence-corrected chi connectivity index (χ1v) is 10.4. The third-order valence-electron chi connectivity index (χ3n) is 4.90. The van der Waals surface area contributed by atoms with Gasteiger partial charge in [-0.1, -0.05) is 55.4 Å². The second-order valence-corrected chi connectivity index (χ2v) is 7.95. The Labute approximate surface area is 164 Å². The van der Waals surface area contributed by atoms with Gasteiger partial charge in [0.2, 0.25) is 16.9 Å². The van der Waals surface area contributed by atoms with E-state index in [-0.39, 0.29) is 24.3 Å². The van der Waals surface area contributed by atoms with Crippen molar-refractivity contribution < 1.29 is 9.59 Å². The normalized spacial score (nSPS) is 16.1. The molecule has 27 heavy (non-hydrogen) atoms. The van der Waals surface area contributed by atoms with Crippen LogP contribution in [0.3, 0.4) is 0 Å². The lowest BCUT2D eigenvalue weighted by atomic mass is 9.90. The zero-order valence-electron chi connectivity index (χ0n) is 15.9. The van der Waals surface area contributed by atoms with E-state index in [1.54, 1.807) is 11.8 Å². The molecule has 1 N–H and O–H groups in total. The molecule has 1 aliphatic rings. The van der Waals surface area contributed by atoms with Crippen molar-refractivity contribution in [3.8, 4) is 0 Å². The second-order valence-electron chi connectivity index (χ2n) is 6.89. The van der Waals surface area contributed by atoms with Gasteiger partial charge in [-0.25, -0.2) is 0 Å². The predicted octanol–water partition coefficient (Wildman–Crippen LogP) is 3.75. The Morgan fingerprint density at radius 3 is 2.85 bits per heavy atom. The quantitative estimate of drug-likeness (QED) is 0.736. The number of aryl methyl sites for hydroxylation is 1. The lowest BCUT2D eigenvalue weighted by Crippen LogP contribution is -2.40. The summed E-state index contributed by atoms with van der Waals surface area (Å²) in [7, 11) is 0. The van der Waals surface area contributed by atoms with E-state index in [2.05, 4.69) is 28.5 Å². The van der Waals surface area contributed by atoms with Gasteiger partial charge in [-0.3, -0.25) is 9.59 Å². The molecule has 1 aromatic carbocycles. The Bertz CT molecular complexity index is 805. The van der Waals surface area contributed by atoms with Crippen molar-refractivity contribution in [2.24, 2.45) is 0 Å². The average molecular weight is 387 g/mol. The van der Waals surface area contributed by atoms with Gasteiger partial charge in [-0.2, -0.15) is 0 Å². The smallest absolute Gasteiger partial charge is 0.228 e. The molecule has 2 amide bonds. The van der Waals surface area contributed by atoms with Crippen LogP contribution >= 0.6 is 11.3 Å². The highest BCUT2D eigenvalue weighted by molar-refractivity contribution is 7.15. The fourth-order valence-corrected chi connectivity index (χ4v) is 4.32.